The van der Waals surface area contributed by atoms with E-state index in [9.17, 15) is 0 Å². The second-order valence-corrected chi connectivity index (χ2v) is 13.3. The van der Waals surface area contributed by atoms with Gasteiger partial charge in [0.25, 0.3) is 0 Å². The van der Waals surface area contributed by atoms with E-state index >= 15 is 19.2 Å². The first-order valence-electron chi connectivity index (χ1n) is 17.9. The van der Waals surface area contributed by atoms with Gasteiger partial charge in [-0.15, -0.1) is 0 Å². The predicted octanol–water partition coefficient (Wildman–Crippen LogP) is 7.39. The molecule has 0 aliphatic heterocycles. The highest BCUT2D eigenvalue weighted by molar-refractivity contribution is 6.24. The van der Waals surface area contributed by atoms with E-state index in [2.05, 4.69) is 0 Å². The molecule has 0 saturated carbocycles. The van der Waals surface area contributed by atoms with Crippen molar-refractivity contribution in [3.63, 3.8) is 0 Å². The lowest BCUT2D eigenvalue weighted by Gasteiger charge is -2.40. The number of carbonyl (C=O) groups is 4. The van der Waals surface area contributed by atoms with E-state index in [0.29, 0.717) is 0 Å². The molecule has 0 heterocycles. The highest BCUT2D eigenvalue weighted by Crippen LogP contribution is 2.47. The molecule has 4 rings (SSSR count). The normalized spacial score (nSPS) is 12.4. The summed E-state index contributed by atoms with van der Waals surface area (Å²) in [6.07, 6.45) is -2.76. The average molecular weight is 787 g/mol. The van der Waals surface area contributed by atoms with Crippen LogP contribution < -0.4 is 37.9 Å². The van der Waals surface area contributed by atoms with Crippen LogP contribution in [-0.4, -0.2) is 92.2 Å². The molecule has 0 aliphatic carbocycles. The lowest BCUT2D eigenvalue weighted by Crippen LogP contribution is -2.53. The molecule has 0 amide bonds. The van der Waals surface area contributed by atoms with Crippen LogP contribution in [0.5, 0.6) is 46.0 Å². The summed E-state index contributed by atoms with van der Waals surface area (Å²) < 4.78 is 51.6. The molecule has 0 saturated heterocycles. The second kappa shape index (κ2) is 18.2. The van der Waals surface area contributed by atoms with Gasteiger partial charge >= 0.3 is 0 Å². The van der Waals surface area contributed by atoms with Crippen LogP contribution in [0.25, 0.3) is 0 Å². The number of ether oxygens (including phenoxy) is 9. The van der Waals surface area contributed by atoms with E-state index in [1.54, 1.807) is 72.8 Å². The quantitative estimate of drug-likeness (QED) is 0.0647. The third kappa shape index (κ3) is 7.71. The molecule has 0 N–H and O–H groups in total. The number of Topliss-reactive ketones (excluding diaryl/α,β-unsaturated/α-hetero) is 4. The molecule has 0 spiro atoms. The van der Waals surface area contributed by atoms with Gasteiger partial charge in [-0.2, -0.15) is 0 Å². The number of rotatable bonds is 20. The van der Waals surface area contributed by atoms with Crippen LogP contribution in [0.2, 0.25) is 0 Å². The summed E-state index contributed by atoms with van der Waals surface area (Å²) in [6.45, 7) is 5.86. The Hall–Kier alpha value is -6.08. The zero-order valence-electron chi connectivity index (χ0n) is 34.4. The van der Waals surface area contributed by atoms with E-state index in [-0.39, 0.29) is 68.2 Å². The zero-order chi connectivity index (χ0) is 42.2. The van der Waals surface area contributed by atoms with E-state index in [1.165, 1.54) is 84.6 Å². The van der Waals surface area contributed by atoms with Crippen molar-refractivity contribution in [2.24, 2.45) is 10.8 Å². The van der Waals surface area contributed by atoms with Crippen LogP contribution in [0.4, 0.5) is 0 Å². The molecule has 4 aromatic rings. The first-order valence-corrected chi connectivity index (χ1v) is 17.9. The van der Waals surface area contributed by atoms with Crippen LogP contribution in [0.1, 0.15) is 69.1 Å². The molecule has 0 bridgehead atoms. The molecule has 2 atom stereocenters. The standard InChI is InChI=1S/C44H50O13/c1-25(43(3,39(45)35-27(49-5)17-13-18-28(35)50-6)40(46)36-29(51-7)19-14-20-30(36)52-8)57-26(2)44(4,41(47)37-31(53-9)21-15-22-32(37)54-10)42(48)38-33(55-11)23-16-24-34(38)56-12/h13-26H,1-12H3. The fourth-order valence-electron chi connectivity index (χ4n) is 6.86. The van der Waals surface area contributed by atoms with E-state index in [1.807, 2.05) is 0 Å². The van der Waals surface area contributed by atoms with E-state index < -0.39 is 46.2 Å². The summed E-state index contributed by atoms with van der Waals surface area (Å²) in [4.78, 5) is 60.9. The molecule has 304 valence electrons. The number of ketones is 4. The van der Waals surface area contributed by atoms with Crippen LogP contribution in [0.3, 0.4) is 0 Å². The molecule has 4 aromatic carbocycles. The van der Waals surface area contributed by atoms with Crippen LogP contribution in [-0.2, 0) is 4.74 Å². The van der Waals surface area contributed by atoms with Crippen molar-refractivity contribution in [2.45, 2.75) is 39.9 Å². The van der Waals surface area contributed by atoms with Crippen LogP contribution in [0, 0.1) is 10.8 Å². The summed E-state index contributed by atoms with van der Waals surface area (Å²) in [7, 11) is 11.1. The minimum atomic E-state index is -2.13. The van der Waals surface area contributed by atoms with Crippen molar-refractivity contribution in [1.29, 1.82) is 0 Å². The van der Waals surface area contributed by atoms with Gasteiger partial charge in [-0.3, -0.25) is 19.2 Å². The predicted molar refractivity (Wildman–Crippen MR) is 212 cm³/mol. The Kier molecular flexibility index (Phi) is 14.0. The fourth-order valence-corrected chi connectivity index (χ4v) is 6.86. The average Bonchev–Trinajstić information content (AvgIpc) is 3.25. The maximum atomic E-state index is 15.2. The lowest BCUT2D eigenvalue weighted by atomic mass is 9.69. The van der Waals surface area contributed by atoms with Gasteiger partial charge in [-0.1, -0.05) is 24.3 Å². The topological polar surface area (TPSA) is 151 Å². The van der Waals surface area contributed by atoms with Gasteiger partial charge < -0.3 is 42.6 Å². The number of methoxy groups -OCH3 is 8. The summed E-state index contributed by atoms with van der Waals surface area (Å²) in [5.74, 6) is -1.92. The van der Waals surface area contributed by atoms with Crippen molar-refractivity contribution in [1.82, 2.24) is 0 Å². The summed E-state index contributed by atoms with van der Waals surface area (Å²) in [6, 6.07) is 19.1. The molecule has 57 heavy (non-hydrogen) atoms. The highest BCUT2D eigenvalue weighted by Gasteiger charge is 2.55. The summed E-state index contributed by atoms with van der Waals surface area (Å²) in [5, 5.41) is 0. The number of benzene rings is 4. The van der Waals surface area contributed by atoms with Crippen molar-refractivity contribution in [3.8, 4) is 46.0 Å². The SMILES string of the molecule is COc1cccc(OC)c1C(=O)C(C)(C(=O)c1c(OC)cccc1OC)C(C)OC(C)C(C)(C(=O)c1c(OC)cccc1OC)C(=O)c1c(OC)cccc1OC. The monoisotopic (exact) mass is 786 g/mol. The zero-order valence-corrected chi connectivity index (χ0v) is 34.4. The smallest absolute Gasteiger partial charge is 0.186 e. The first-order chi connectivity index (χ1) is 27.2. The summed E-state index contributed by atoms with van der Waals surface area (Å²) >= 11 is 0. The molecule has 13 nitrogen and oxygen atoms in total. The Bertz CT molecular complexity index is 1750. The summed E-state index contributed by atoms with van der Waals surface area (Å²) in [5.41, 5.74) is -4.42. The minimum absolute atomic E-state index is 0.0391. The van der Waals surface area contributed by atoms with Crippen LogP contribution in [0.15, 0.2) is 72.8 Å². The number of hydrogen-bond acceptors (Lipinski definition) is 13. The van der Waals surface area contributed by atoms with Gasteiger partial charge in [0.15, 0.2) is 23.1 Å². The molecule has 13 heteroatoms. The maximum Gasteiger partial charge on any atom is 0.186 e. The van der Waals surface area contributed by atoms with Gasteiger partial charge in [0.05, 0.1) is 69.1 Å². The minimum Gasteiger partial charge on any atom is -0.496 e. The first kappa shape index (κ1) is 43.6. The molecular weight excluding hydrogens is 736 g/mol. The van der Waals surface area contributed by atoms with Crippen LogP contribution >= 0.6 is 0 Å². The van der Waals surface area contributed by atoms with Gasteiger partial charge in [-0.05, 0) is 76.2 Å². The Morgan fingerprint density at radius 2 is 0.526 bits per heavy atom. The van der Waals surface area contributed by atoms with Gasteiger partial charge in [0, 0.05) is 0 Å². The van der Waals surface area contributed by atoms with Crippen molar-refractivity contribution in [3.05, 3.63) is 95.1 Å². The molecular formula is C44H50O13. The van der Waals surface area contributed by atoms with E-state index in [4.69, 9.17) is 42.6 Å². The Morgan fingerprint density at radius 3 is 0.667 bits per heavy atom. The second-order valence-electron chi connectivity index (χ2n) is 13.3. The molecule has 0 aromatic heterocycles. The van der Waals surface area contributed by atoms with Crippen molar-refractivity contribution >= 4 is 23.1 Å². The Morgan fingerprint density at radius 1 is 0.368 bits per heavy atom. The fraction of sp³-hybridized carbons (Fsp3) is 0.364. The third-order valence-corrected chi connectivity index (χ3v) is 10.5. The third-order valence-electron chi connectivity index (χ3n) is 10.5. The number of carbonyl (C=O) groups excluding carboxylic acids is 4. The maximum absolute atomic E-state index is 15.2. The largest absolute Gasteiger partial charge is 0.496 e. The molecule has 0 fully saturated rings. The molecule has 0 radical (unpaired) electrons. The Balaban J connectivity index is 2.03. The van der Waals surface area contributed by atoms with Crippen molar-refractivity contribution in [2.75, 3.05) is 56.9 Å². The number of hydrogen-bond donors (Lipinski definition) is 0. The molecule has 2 unspecified atom stereocenters. The van der Waals surface area contributed by atoms with Gasteiger partial charge in [-0.25, -0.2) is 0 Å². The Labute approximate surface area is 333 Å². The van der Waals surface area contributed by atoms with E-state index in [0.717, 1.165) is 0 Å². The van der Waals surface area contributed by atoms with Gasteiger partial charge in [0.1, 0.15) is 79.1 Å². The highest BCUT2D eigenvalue weighted by atomic mass is 16.5. The molecule has 0 aliphatic rings. The van der Waals surface area contributed by atoms with Gasteiger partial charge in [0.2, 0.25) is 0 Å². The van der Waals surface area contributed by atoms with Crippen molar-refractivity contribution < 1.29 is 61.8 Å². The lowest BCUT2D eigenvalue weighted by molar-refractivity contribution is -0.0697.